The third-order valence-corrected chi connectivity index (χ3v) is 3.63. The lowest BCUT2D eigenvalue weighted by atomic mass is 10.1. The van der Waals surface area contributed by atoms with E-state index in [0.717, 1.165) is 4.90 Å². The van der Waals surface area contributed by atoms with Gasteiger partial charge in [0, 0.05) is 12.7 Å². The molecule has 22 heavy (non-hydrogen) atoms. The predicted molar refractivity (Wildman–Crippen MR) is 80.5 cm³/mol. The van der Waals surface area contributed by atoms with Crippen LogP contribution in [0.3, 0.4) is 0 Å². The number of carbonyl (C=O) groups excluding carboxylic acids is 3. The fraction of sp³-hybridized carbons (Fsp3) is 0.118. The lowest BCUT2D eigenvalue weighted by Crippen LogP contribution is -2.41. The van der Waals surface area contributed by atoms with Crippen LogP contribution in [0.1, 0.15) is 20.7 Å². The molecule has 0 aromatic heterocycles. The molecule has 0 fully saturated rings. The standard InChI is InChI=1S/C17H13N2O3/c1-18(12-7-3-2-4-8-12)15(20)11-19-16(21)13-9-5-6-10-14(13)17(19)22/h3-10H,11H2,1H3. The third kappa shape index (κ3) is 2.26. The van der Waals surface area contributed by atoms with Crippen molar-refractivity contribution in [3.05, 3.63) is 65.7 Å². The third-order valence-electron chi connectivity index (χ3n) is 3.63. The summed E-state index contributed by atoms with van der Waals surface area (Å²) in [4.78, 5) is 39.2. The molecule has 0 aliphatic carbocycles. The first kappa shape index (κ1) is 14.0. The number of hydrogen-bond acceptors (Lipinski definition) is 3. The zero-order chi connectivity index (χ0) is 15.7. The molecule has 1 heterocycles. The summed E-state index contributed by atoms with van der Waals surface area (Å²) in [6, 6.07) is 16.3. The van der Waals surface area contributed by atoms with Crippen LogP contribution in [0.2, 0.25) is 0 Å². The van der Waals surface area contributed by atoms with Gasteiger partial charge in [0.05, 0.1) is 11.1 Å². The minimum Gasteiger partial charge on any atom is -0.314 e. The van der Waals surface area contributed by atoms with E-state index in [1.54, 1.807) is 55.6 Å². The van der Waals surface area contributed by atoms with Gasteiger partial charge in [0.25, 0.3) is 11.8 Å². The van der Waals surface area contributed by atoms with Crippen LogP contribution in [-0.4, -0.2) is 36.2 Å². The van der Waals surface area contributed by atoms with E-state index in [1.807, 2.05) is 0 Å². The fourth-order valence-electron chi connectivity index (χ4n) is 2.37. The molecule has 109 valence electrons. The highest BCUT2D eigenvalue weighted by molar-refractivity contribution is 6.22. The van der Waals surface area contributed by atoms with Gasteiger partial charge < -0.3 is 4.90 Å². The smallest absolute Gasteiger partial charge is 0.262 e. The van der Waals surface area contributed by atoms with Crippen LogP contribution in [0.25, 0.3) is 0 Å². The zero-order valence-corrected chi connectivity index (χ0v) is 11.9. The largest absolute Gasteiger partial charge is 0.314 e. The number of anilines is 1. The minimum atomic E-state index is -0.427. The summed E-state index contributed by atoms with van der Waals surface area (Å²) in [6.45, 7) is -0.276. The molecular formula is C17H13N2O3. The molecular weight excluding hydrogens is 280 g/mol. The average Bonchev–Trinajstić information content (AvgIpc) is 2.80. The molecule has 1 aliphatic heterocycles. The summed E-state index contributed by atoms with van der Waals surface area (Å²) in [5.41, 5.74) is 1.37. The van der Waals surface area contributed by atoms with Crippen LogP contribution in [0.15, 0.2) is 48.5 Å². The van der Waals surface area contributed by atoms with E-state index in [2.05, 4.69) is 6.07 Å². The van der Waals surface area contributed by atoms with Gasteiger partial charge in [0.2, 0.25) is 5.91 Å². The van der Waals surface area contributed by atoms with Gasteiger partial charge in [-0.15, -0.1) is 0 Å². The van der Waals surface area contributed by atoms with E-state index < -0.39 is 11.8 Å². The van der Waals surface area contributed by atoms with Gasteiger partial charge in [0.15, 0.2) is 0 Å². The van der Waals surface area contributed by atoms with Crippen molar-refractivity contribution in [1.82, 2.24) is 4.90 Å². The van der Waals surface area contributed by atoms with Gasteiger partial charge in [-0.25, -0.2) is 0 Å². The molecule has 2 aromatic carbocycles. The van der Waals surface area contributed by atoms with Crippen LogP contribution < -0.4 is 4.90 Å². The Labute approximate surface area is 127 Å². The Bertz CT molecular complexity index is 721. The number of amides is 3. The van der Waals surface area contributed by atoms with Gasteiger partial charge in [-0.3, -0.25) is 19.3 Å². The van der Waals surface area contributed by atoms with Crippen molar-refractivity contribution >= 4 is 23.4 Å². The SMILES string of the molecule is CN(C(=O)CN1C(=O)c2ccccc2C1=O)c1cc[c]cc1. The van der Waals surface area contributed by atoms with Crippen LogP contribution in [0, 0.1) is 6.07 Å². The number of fused-ring (bicyclic) bond motifs is 1. The van der Waals surface area contributed by atoms with E-state index in [4.69, 9.17) is 0 Å². The fourth-order valence-corrected chi connectivity index (χ4v) is 2.37. The van der Waals surface area contributed by atoms with Gasteiger partial charge in [-0.1, -0.05) is 24.3 Å². The normalized spacial score (nSPS) is 13.2. The molecule has 0 spiro atoms. The van der Waals surface area contributed by atoms with Gasteiger partial charge in [-0.05, 0) is 30.3 Å². The summed E-state index contributed by atoms with van der Waals surface area (Å²) in [6.07, 6.45) is 0. The summed E-state index contributed by atoms with van der Waals surface area (Å²) >= 11 is 0. The molecule has 2 aromatic rings. The molecule has 5 nitrogen and oxygen atoms in total. The van der Waals surface area contributed by atoms with Crippen LogP contribution in [0.4, 0.5) is 5.69 Å². The second kappa shape index (κ2) is 5.44. The summed E-state index contributed by atoms with van der Waals surface area (Å²) in [5, 5.41) is 0. The molecule has 0 bridgehead atoms. The predicted octanol–water partition coefficient (Wildman–Crippen LogP) is 1.75. The Kier molecular flexibility index (Phi) is 3.47. The average molecular weight is 293 g/mol. The zero-order valence-electron chi connectivity index (χ0n) is 11.9. The Balaban J connectivity index is 1.79. The Morgan fingerprint density at radius 1 is 1.05 bits per heavy atom. The maximum Gasteiger partial charge on any atom is 0.262 e. The second-order valence-electron chi connectivity index (χ2n) is 4.95. The number of rotatable bonds is 3. The van der Waals surface area contributed by atoms with Crippen LogP contribution >= 0.6 is 0 Å². The number of likely N-dealkylation sites (N-methyl/N-ethyl adjacent to an activating group) is 1. The number of imide groups is 1. The molecule has 0 saturated carbocycles. The van der Waals surface area contributed by atoms with Crippen molar-refractivity contribution in [1.29, 1.82) is 0 Å². The van der Waals surface area contributed by atoms with E-state index in [-0.39, 0.29) is 12.5 Å². The van der Waals surface area contributed by atoms with Crippen molar-refractivity contribution in [2.45, 2.75) is 0 Å². The Morgan fingerprint density at radius 2 is 1.59 bits per heavy atom. The van der Waals surface area contributed by atoms with Gasteiger partial charge in [-0.2, -0.15) is 0 Å². The molecule has 3 amide bonds. The summed E-state index contributed by atoms with van der Waals surface area (Å²) in [7, 11) is 1.61. The molecule has 3 rings (SSSR count). The van der Waals surface area contributed by atoms with Crippen molar-refractivity contribution < 1.29 is 14.4 Å². The molecule has 1 aliphatic rings. The first-order valence-electron chi connectivity index (χ1n) is 6.77. The van der Waals surface area contributed by atoms with Crippen molar-refractivity contribution in [2.75, 3.05) is 18.5 Å². The Hall–Kier alpha value is -2.95. The number of benzene rings is 2. The summed E-state index contributed by atoms with van der Waals surface area (Å²) in [5.74, 6) is -1.19. The number of carbonyl (C=O) groups is 3. The highest BCUT2D eigenvalue weighted by Crippen LogP contribution is 2.22. The van der Waals surface area contributed by atoms with Crippen molar-refractivity contribution in [3.8, 4) is 0 Å². The van der Waals surface area contributed by atoms with E-state index in [1.165, 1.54) is 4.90 Å². The number of hydrogen-bond donors (Lipinski definition) is 0. The molecule has 0 saturated heterocycles. The number of nitrogens with zero attached hydrogens (tertiary/aromatic N) is 2. The minimum absolute atomic E-state index is 0.276. The molecule has 1 radical (unpaired) electrons. The quantitative estimate of drug-likeness (QED) is 0.810. The van der Waals surface area contributed by atoms with Gasteiger partial charge in [0.1, 0.15) is 6.54 Å². The highest BCUT2D eigenvalue weighted by atomic mass is 16.2. The topological polar surface area (TPSA) is 57.7 Å². The lowest BCUT2D eigenvalue weighted by molar-refractivity contribution is -0.118. The van der Waals surface area contributed by atoms with E-state index in [9.17, 15) is 14.4 Å². The van der Waals surface area contributed by atoms with Crippen LogP contribution in [0.5, 0.6) is 0 Å². The van der Waals surface area contributed by atoms with Crippen molar-refractivity contribution in [3.63, 3.8) is 0 Å². The first-order valence-corrected chi connectivity index (χ1v) is 6.77. The van der Waals surface area contributed by atoms with Crippen molar-refractivity contribution in [2.24, 2.45) is 0 Å². The first-order chi connectivity index (χ1) is 10.6. The summed E-state index contributed by atoms with van der Waals surface area (Å²) < 4.78 is 0. The second-order valence-corrected chi connectivity index (χ2v) is 4.95. The van der Waals surface area contributed by atoms with E-state index in [0.29, 0.717) is 16.8 Å². The van der Waals surface area contributed by atoms with Crippen LogP contribution in [-0.2, 0) is 4.79 Å². The maximum atomic E-state index is 12.3. The van der Waals surface area contributed by atoms with Gasteiger partial charge >= 0.3 is 0 Å². The Morgan fingerprint density at radius 3 is 2.14 bits per heavy atom. The molecule has 0 N–H and O–H groups in total. The monoisotopic (exact) mass is 293 g/mol. The lowest BCUT2D eigenvalue weighted by Gasteiger charge is -2.20. The van der Waals surface area contributed by atoms with E-state index >= 15 is 0 Å². The maximum absolute atomic E-state index is 12.3. The highest BCUT2D eigenvalue weighted by Gasteiger charge is 2.36. The molecule has 0 unspecified atom stereocenters. The molecule has 0 atom stereocenters. The molecule has 5 heteroatoms.